The number of rotatable bonds is 6. The first kappa shape index (κ1) is 13.0. The van der Waals surface area contributed by atoms with Gasteiger partial charge in [0.25, 0.3) is 0 Å². The molecule has 0 aliphatic rings. The van der Waals surface area contributed by atoms with E-state index in [1.54, 1.807) is 14.0 Å². The maximum absolute atomic E-state index is 9.14. The monoisotopic (exact) mass is 225 g/mol. The number of aliphatic hydroxyl groups is 2. The summed E-state index contributed by atoms with van der Waals surface area (Å²) in [5, 5.41) is 21.4. The van der Waals surface area contributed by atoms with E-state index >= 15 is 0 Å². The lowest BCUT2D eigenvalue weighted by Gasteiger charge is -2.26. The lowest BCUT2D eigenvalue weighted by molar-refractivity contribution is 0.103. The summed E-state index contributed by atoms with van der Waals surface area (Å²) >= 11 is 0. The molecule has 0 unspecified atom stereocenters. The van der Waals surface area contributed by atoms with E-state index in [1.807, 2.05) is 24.3 Å². The van der Waals surface area contributed by atoms with E-state index in [1.165, 1.54) is 0 Å². The van der Waals surface area contributed by atoms with Gasteiger partial charge in [-0.3, -0.25) is 0 Å². The minimum absolute atomic E-state index is 0.112. The second-order valence-electron chi connectivity index (χ2n) is 4.04. The predicted octanol–water partition coefficient (Wildman–Crippen LogP) is 0.528. The number of para-hydroxylation sites is 1. The molecule has 0 saturated heterocycles. The third-order valence-corrected chi connectivity index (χ3v) is 2.60. The Hall–Kier alpha value is -1.10. The van der Waals surface area contributed by atoms with Crippen LogP contribution in [-0.4, -0.2) is 36.1 Å². The summed E-state index contributed by atoms with van der Waals surface area (Å²) in [7, 11) is 1.62. The van der Waals surface area contributed by atoms with E-state index in [9.17, 15) is 0 Å². The zero-order chi connectivity index (χ0) is 12.0. The third-order valence-electron chi connectivity index (χ3n) is 2.60. The number of nitrogens with one attached hydrogen (secondary N) is 1. The van der Waals surface area contributed by atoms with E-state index in [-0.39, 0.29) is 13.2 Å². The van der Waals surface area contributed by atoms with Gasteiger partial charge in [-0.1, -0.05) is 18.2 Å². The maximum Gasteiger partial charge on any atom is 0.123 e. The molecule has 3 N–H and O–H groups in total. The standard InChI is InChI=1S/C12H19NO3/c1-12(8-14,9-15)13-7-10-5-3-4-6-11(10)16-2/h3-6,13-15H,7-9H2,1-2H3. The average Bonchev–Trinajstić information content (AvgIpc) is 2.36. The molecule has 4 heteroatoms. The normalized spacial score (nSPS) is 11.5. The number of hydrogen-bond acceptors (Lipinski definition) is 4. The molecular weight excluding hydrogens is 206 g/mol. The van der Waals surface area contributed by atoms with Crippen molar-refractivity contribution in [2.24, 2.45) is 0 Å². The molecule has 0 bridgehead atoms. The van der Waals surface area contributed by atoms with Crippen LogP contribution in [0, 0.1) is 0 Å². The number of aliphatic hydroxyl groups excluding tert-OH is 2. The largest absolute Gasteiger partial charge is 0.496 e. The first-order chi connectivity index (χ1) is 7.65. The molecule has 0 saturated carbocycles. The highest BCUT2D eigenvalue weighted by molar-refractivity contribution is 5.33. The fourth-order valence-corrected chi connectivity index (χ4v) is 1.32. The van der Waals surface area contributed by atoms with Crippen LogP contribution in [0.1, 0.15) is 12.5 Å². The number of methoxy groups -OCH3 is 1. The van der Waals surface area contributed by atoms with Crippen LogP contribution in [-0.2, 0) is 6.54 Å². The van der Waals surface area contributed by atoms with Crippen molar-refractivity contribution in [3.8, 4) is 5.75 Å². The second-order valence-corrected chi connectivity index (χ2v) is 4.04. The Balaban J connectivity index is 2.67. The van der Waals surface area contributed by atoms with Gasteiger partial charge in [-0.25, -0.2) is 0 Å². The van der Waals surface area contributed by atoms with Crippen LogP contribution in [0.3, 0.4) is 0 Å². The Kier molecular flexibility index (Phi) is 4.73. The van der Waals surface area contributed by atoms with Crippen molar-refractivity contribution in [3.05, 3.63) is 29.8 Å². The first-order valence-electron chi connectivity index (χ1n) is 5.24. The molecule has 0 fully saturated rings. The first-order valence-corrected chi connectivity index (χ1v) is 5.24. The van der Waals surface area contributed by atoms with Crippen LogP contribution in [0.4, 0.5) is 0 Å². The van der Waals surface area contributed by atoms with Gasteiger partial charge in [-0.2, -0.15) is 0 Å². The topological polar surface area (TPSA) is 61.7 Å². The van der Waals surface area contributed by atoms with Crippen LogP contribution in [0.2, 0.25) is 0 Å². The van der Waals surface area contributed by atoms with Crippen LogP contribution in [0.25, 0.3) is 0 Å². The van der Waals surface area contributed by atoms with Gasteiger partial charge in [0.05, 0.1) is 25.9 Å². The van der Waals surface area contributed by atoms with Crippen molar-refractivity contribution >= 4 is 0 Å². The minimum Gasteiger partial charge on any atom is -0.496 e. The van der Waals surface area contributed by atoms with Gasteiger partial charge in [0.15, 0.2) is 0 Å². The zero-order valence-corrected chi connectivity index (χ0v) is 9.73. The van der Waals surface area contributed by atoms with Gasteiger partial charge < -0.3 is 20.3 Å². The maximum atomic E-state index is 9.14. The summed E-state index contributed by atoms with van der Waals surface area (Å²) in [4.78, 5) is 0. The molecule has 0 aliphatic heterocycles. The summed E-state index contributed by atoms with van der Waals surface area (Å²) in [6.45, 7) is 2.08. The van der Waals surface area contributed by atoms with Crippen molar-refractivity contribution in [2.45, 2.75) is 19.0 Å². The number of hydrogen-bond donors (Lipinski definition) is 3. The minimum atomic E-state index is -0.666. The van der Waals surface area contributed by atoms with Crippen molar-refractivity contribution < 1.29 is 14.9 Å². The Morgan fingerprint density at radius 2 is 1.88 bits per heavy atom. The number of ether oxygens (including phenoxy) is 1. The molecule has 0 aromatic heterocycles. The third kappa shape index (κ3) is 3.20. The van der Waals surface area contributed by atoms with Gasteiger partial charge in [0.1, 0.15) is 5.75 Å². The lowest BCUT2D eigenvalue weighted by atomic mass is 10.0. The van der Waals surface area contributed by atoms with Gasteiger partial charge in [-0.15, -0.1) is 0 Å². The molecular formula is C12H19NO3. The highest BCUT2D eigenvalue weighted by Gasteiger charge is 2.21. The Labute approximate surface area is 95.9 Å². The van der Waals surface area contributed by atoms with Crippen molar-refractivity contribution in [1.82, 2.24) is 5.32 Å². The van der Waals surface area contributed by atoms with Gasteiger partial charge in [0.2, 0.25) is 0 Å². The Morgan fingerprint density at radius 1 is 1.25 bits per heavy atom. The molecule has 0 atom stereocenters. The van der Waals surface area contributed by atoms with E-state index < -0.39 is 5.54 Å². The SMILES string of the molecule is COc1ccccc1CNC(C)(CO)CO. The van der Waals surface area contributed by atoms with E-state index in [2.05, 4.69) is 5.32 Å². The Morgan fingerprint density at radius 3 is 2.44 bits per heavy atom. The molecule has 1 aromatic rings. The molecule has 0 heterocycles. The lowest BCUT2D eigenvalue weighted by Crippen LogP contribution is -2.48. The van der Waals surface area contributed by atoms with Gasteiger partial charge in [-0.05, 0) is 13.0 Å². The molecule has 0 amide bonds. The highest BCUT2D eigenvalue weighted by Crippen LogP contribution is 2.17. The molecule has 0 spiro atoms. The molecule has 0 radical (unpaired) electrons. The summed E-state index contributed by atoms with van der Waals surface area (Å²) in [5.74, 6) is 0.799. The average molecular weight is 225 g/mol. The van der Waals surface area contributed by atoms with Crippen molar-refractivity contribution in [3.63, 3.8) is 0 Å². The number of benzene rings is 1. The quantitative estimate of drug-likeness (QED) is 0.661. The summed E-state index contributed by atoms with van der Waals surface area (Å²) in [6, 6.07) is 7.65. The molecule has 1 rings (SSSR count). The van der Waals surface area contributed by atoms with Crippen LogP contribution >= 0.6 is 0 Å². The Bertz CT molecular complexity index is 324. The second kappa shape index (κ2) is 5.84. The molecule has 4 nitrogen and oxygen atoms in total. The van der Waals surface area contributed by atoms with Crippen LogP contribution in [0.5, 0.6) is 5.75 Å². The fourth-order valence-electron chi connectivity index (χ4n) is 1.32. The zero-order valence-electron chi connectivity index (χ0n) is 9.73. The van der Waals surface area contributed by atoms with Crippen molar-refractivity contribution in [1.29, 1.82) is 0 Å². The fraction of sp³-hybridized carbons (Fsp3) is 0.500. The van der Waals surface area contributed by atoms with E-state index in [0.717, 1.165) is 11.3 Å². The van der Waals surface area contributed by atoms with Crippen molar-refractivity contribution in [2.75, 3.05) is 20.3 Å². The molecule has 1 aromatic carbocycles. The summed E-state index contributed by atoms with van der Waals surface area (Å²) in [5.41, 5.74) is 0.332. The van der Waals surface area contributed by atoms with E-state index in [4.69, 9.17) is 14.9 Å². The highest BCUT2D eigenvalue weighted by atomic mass is 16.5. The van der Waals surface area contributed by atoms with E-state index in [0.29, 0.717) is 6.54 Å². The van der Waals surface area contributed by atoms with Crippen LogP contribution in [0.15, 0.2) is 24.3 Å². The molecule has 16 heavy (non-hydrogen) atoms. The summed E-state index contributed by atoms with van der Waals surface area (Å²) < 4.78 is 5.21. The molecule has 0 aliphatic carbocycles. The summed E-state index contributed by atoms with van der Waals surface area (Å²) in [6.07, 6.45) is 0. The van der Waals surface area contributed by atoms with Gasteiger partial charge in [0, 0.05) is 12.1 Å². The van der Waals surface area contributed by atoms with Crippen LogP contribution < -0.4 is 10.1 Å². The van der Waals surface area contributed by atoms with Gasteiger partial charge >= 0.3 is 0 Å². The molecule has 90 valence electrons. The smallest absolute Gasteiger partial charge is 0.123 e. The predicted molar refractivity (Wildman–Crippen MR) is 62.4 cm³/mol.